The van der Waals surface area contributed by atoms with Crippen molar-refractivity contribution in [2.24, 2.45) is 0 Å². The molecule has 2 N–H and O–H groups in total. The van der Waals surface area contributed by atoms with E-state index in [1.165, 1.54) is 0 Å². The van der Waals surface area contributed by atoms with Crippen molar-refractivity contribution in [3.8, 4) is 11.5 Å². The van der Waals surface area contributed by atoms with Crippen LogP contribution in [0, 0.1) is 0 Å². The minimum atomic E-state index is -0.630. The van der Waals surface area contributed by atoms with Gasteiger partial charge in [-0.05, 0) is 66.6 Å². The van der Waals surface area contributed by atoms with Crippen LogP contribution in [0.25, 0.3) is 0 Å². The second-order valence-electron chi connectivity index (χ2n) is 7.51. The predicted octanol–water partition coefficient (Wildman–Crippen LogP) is 5.51. The number of amides is 1. The molecule has 3 rings (SSSR count). The molecule has 6 nitrogen and oxygen atoms in total. The minimum absolute atomic E-state index is 0.227. The number of esters is 1. The van der Waals surface area contributed by atoms with Gasteiger partial charge in [0.25, 0.3) is 0 Å². The highest BCUT2D eigenvalue weighted by atomic mass is 16.6. The van der Waals surface area contributed by atoms with Gasteiger partial charge in [0.2, 0.25) is 0 Å². The summed E-state index contributed by atoms with van der Waals surface area (Å²) in [6.07, 6.45) is -0.630. The molecule has 0 saturated carbocycles. The summed E-state index contributed by atoms with van der Waals surface area (Å²) in [5.74, 6) is 0.225. The van der Waals surface area contributed by atoms with E-state index < -0.39 is 12.1 Å². The van der Waals surface area contributed by atoms with E-state index in [0.29, 0.717) is 23.6 Å². The molecule has 6 heteroatoms. The van der Waals surface area contributed by atoms with Crippen molar-refractivity contribution >= 4 is 17.7 Å². The fourth-order valence-electron chi connectivity index (χ4n) is 3.14. The Morgan fingerprint density at radius 2 is 1.42 bits per heavy atom. The van der Waals surface area contributed by atoms with Crippen LogP contribution in [0.3, 0.4) is 0 Å². The summed E-state index contributed by atoms with van der Waals surface area (Å²) >= 11 is 0. The van der Waals surface area contributed by atoms with E-state index in [4.69, 9.17) is 9.47 Å². The van der Waals surface area contributed by atoms with Gasteiger partial charge in [0, 0.05) is 11.1 Å². The molecule has 0 aliphatic heterocycles. The van der Waals surface area contributed by atoms with Crippen LogP contribution in [0.1, 0.15) is 42.3 Å². The van der Waals surface area contributed by atoms with Crippen LogP contribution in [0.15, 0.2) is 72.8 Å². The van der Waals surface area contributed by atoms with Crippen LogP contribution in [-0.4, -0.2) is 23.8 Å². The van der Waals surface area contributed by atoms with Gasteiger partial charge in [-0.3, -0.25) is 5.32 Å². The molecule has 1 amide bonds. The highest BCUT2D eigenvalue weighted by molar-refractivity contribution is 5.91. The molecule has 3 aromatic rings. The first-order valence-corrected chi connectivity index (χ1v) is 9.95. The van der Waals surface area contributed by atoms with E-state index in [1.54, 1.807) is 55.5 Å². The van der Waals surface area contributed by atoms with Gasteiger partial charge < -0.3 is 14.6 Å². The highest BCUT2D eigenvalue weighted by Crippen LogP contribution is 2.33. The summed E-state index contributed by atoms with van der Waals surface area (Å²) in [5, 5.41) is 12.1. The average molecular weight is 419 g/mol. The Labute approximate surface area is 181 Å². The topological polar surface area (TPSA) is 84.9 Å². The van der Waals surface area contributed by atoms with Crippen LogP contribution in [0.4, 0.5) is 10.5 Å². The Kier molecular flexibility index (Phi) is 6.60. The fourth-order valence-corrected chi connectivity index (χ4v) is 3.14. The maximum atomic E-state index is 12.2. The third-order valence-corrected chi connectivity index (χ3v) is 5.02. The molecular formula is C25H25NO5. The third kappa shape index (κ3) is 5.42. The van der Waals surface area contributed by atoms with Crippen LogP contribution in [0.5, 0.6) is 11.5 Å². The SMILES string of the molecule is CCOC(=O)c1ccc(NC(=O)Oc2ccc(C(C)(C)c3ccc(O)cc3)cc2)cc1. The normalized spacial score (nSPS) is 10.9. The van der Waals surface area contributed by atoms with Gasteiger partial charge in [0.05, 0.1) is 12.2 Å². The van der Waals surface area contributed by atoms with Crippen LogP contribution < -0.4 is 10.1 Å². The van der Waals surface area contributed by atoms with Crippen molar-refractivity contribution in [1.29, 1.82) is 0 Å². The molecule has 3 aromatic carbocycles. The molecule has 0 radical (unpaired) electrons. The molecule has 0 bridgehead atoms. The van der Waals surface area contributed by atoms with Gasteiger partial charge >= 0.3 is 12.1 Å². The third-order valence-electron chi connectivity index (χ3n) is 5.02. The summed E-state index contributed by atoms with van der Waals surface area (Å²) < 4.78 is 10.3. The Bertz CT molecular complexity index is 1040. The quantitative estimate of drug-likeness (QED) is 0.515. The van der Waals surface area contributed by atoms with Crippen molar-refractivity contribution in [3.05, 3.63) is 89.5 Å². The maximum absolute atomic E-state index is 12.2. The number of benzene rings is 3. The van der Waals surface area contributed by atoms with Gasteiger partial charge in [-0.15, -0.1) is 0 Å². The number of carbonyl (C=O) groups excluding carboxylic acids is 2. The lowest BCUT2D eigenvalue weighted by Gasteiger charge is -2.26. The lowest BCUT2D eigenvalue weighted by molar-refractivity contribution is 0.0526. The highest BCUT2D eigenvalue weighted by Gasteiger charge is 2.23. The first-order valence-electron chi connectivity index (χ1n) is 9.95. The monoisotopic (exact) mass is 419 g/mol. The van der Waals surface area contributed by atoms with Gasteiger partial charge in [-0.25, -0.2) is 9.59 Å². The number of aromatic hydroxyl groups is 1. The van der Waals surface area contributed by atoms with Gasteiger partial charge in [-0.2, -0.15) is 0 Å². The molecule has 31 heavy (non-hydrogen) atoms. The molecule has 0 aliphatic rings. The average Bonchev–Trinajstić information content (AvgIpc) is 2.75. The molecule has 0 atom stereocenters. The molecule has 0 spiro atoms. The fraction of sp³-hybridized carbons (Fsp3) is 0.200. The van der Waals surface area contributed by atoms with Crippen molar-refractivity contribution in [2.75, 3.05) is 11.9 Å². The van der Waals surface area contributed by atoms with Gasteiger partial charge in [0.15, 0.2) is 0 Å². The first-order chi connectivity index (χ1) is 14.8. The van der Waals surface area contributed by atoms with E-state index in [9.17, 15) is 14.7 Å². The zero-order chi connectivity index (χ0) is 22.4. The summed E-state index contributed by atoms with van der Waals surface area (Å²) in [6.45, 7) is 6.21. The van der Waals surface area contributed by atoms with Crippen molar-refractivity contribution in [2.45, 2.75) is 26.2 Å². The van der Waals surface area contributed by atoms with Crippen molar-refractivity contribution < 1.29 is 24.2 Å². The molecule has 0 saturated heterocycles. The van der Waals surface area contributed by atoms with E-state index >= 15 is 0 Å². The summed E-state index contributed by atoms with van der Waals surface area (Å²) in [5.41, 5.74) is 2.73. The molecule has 0 unspecified atom stereocenters. The summed E-state index contributed by atoms with van der Waals surface area (Å²) in [4.78, 5) is 23.9. The van der Waals surface area contributed by atoms with E-state index in [-0.39, 0.29) is 11.2 Å². The zero-order valence-corrected chi connectivity index (χ0v) is 17.7. The number of rotatable bonds is 6. The van der Waals surface area contributed by atoms with E-state index in [2.05, 4.69) is 19.2 Å². The van der Waals surface area contributed by atoms with Gasteiger partial charge in [0.1, 0.15) is 11.5 Å². The predicted molar refractivity (Wildman–Crippen MR) is 119 cm³/mol. The number of hydrogen-bond acceptors (Lipinski definition) is 5. The first kappa shape index (κ1) is 21.9. The van der Waals surface area contributed by atoms with E-state index in [1.807, 2.05) is 24.3 Å². The summed E-state index contributed by atoms with van der Waals surface area (Å²) in [7, 11) is 0. The van der Waals surface area contributed by atoms with Crippen LogP contribution in [-0.2, 0) is 10.2 Å². The standard InChI is InChI=1S/C25H25NO5/c1-4-30-23(28)17-5-11-20(12-6-17)26-24(29)31-22-15-9-19(10-16-22)25(2,3)18-7-13-21(27)14-8-18/h5-16,27H,4H2,1-3H3,(H,26,29). The van der Waals surface area contributed by atoms with Crippen molar-refractivity contribution in [1.82, 2.24) is 0 Å². The number of anilines is 1. The molecule has 0 aromatic heterocycles. The molecule has 0 fully saturated rings. The Morgan fingerprint density at radius 1 is 0.871 bits per heavy atom. The lowest BCUT2D eigenvalue weighted by atomic mass is 9.78. The molecule has 160 valence electrons. The largest absolute Gasteiger partial charge is 0.508 e. The molecule has 0 aliphatic carbocycles. The lowest BCUT2D eigenvalue weighted by Crippen LogP contribution is -2.19. The maximum Gasteiger partial charge on any atom is 0.417 e. The molecular weight excluding hydrogens is 394 g/mol. The number of phenolic OH excluding ortho intramolecular Hbond substituents is 1. The molecule has 0 heterocycles. The van der Waals surface area contributed by atoms with Gasteiger partial charge in [-0.1, -0.05) is 38.1 Å². The number of nitrogens with one attached hydrogen (secondary N) is 1. The minimum Gasteiger partial charge on any atom is -0.508 e. The second kappa shape index (κ2) is 9.34. The second-order valence-corrected chi connectivity index (χ2v) is 7.51. The van der Waals surface area contributed by atoms with E-state index in [0.717, 1.165) is 11.1 Å². The smallest absolute Gasteiger partial charge is 0.417 e. The van der Waals surface area contributed by atoms with Crippen LogP contribution in [0.2, 0.25) is 0 Å². The zero-order valence-electron chi connectivity index (χ0n) is 17.7. The Balaban J connectivity index is 1.62. The number of ether oxygens (including phenoxy) is 2. The number of carbonyl (C=O) groups is 2. The Hall–Kier alpha value is -3.80. The van der Waals surface area contributed by atoms with Crippen molar-refractivity contribution in [3.63, 3.8) is 0 Å². The number of hydrogen-bond donors (Lipinski definition) is 2. The van der Waals surface area contributed by atoms with Crippen LogP contribution >= 0.6 is 0 Å². The Morgan fingerprint density at radius 3 is 1.97 bits per heavy atom. The summed E-state index contributed by atoms with van der Waals surface area (Å²) in [6, 6.07) is 20.8. The number of phenols is 1.